The van der Waals surface area contributed by atoms with Gasteiger partial charge in [-0.1, -0.05) is 6.07 Å². The van der Waals surface area contributed by atoms with E-state index in [0.717, 1.165) is 44.1 Å². The first-order valence-corrected chi connectivity index (χ1v) is 9.66. The van der Waals surface area contributed by atoms with E-state index < -0.39 is 0 Å². The van der Waals surface area contributed by atoms with Crippen molar-refractivity contribution in [2.45, 2.75) is 39.2 Å². The van der Waals surface area contributed by atoms with E-state index >= 15 is 0 Å². The van der Waals surface area contributed by atoms with Crippen LogP contribution in [0, 0.1) is 6.92 Å². The molecule has 1 atom stereocenters. The Hall–Kier alpha value is -1.35. The number of nitrogens with zero attached hydrogens (tertiary/aromatic N) is 2. The molecule has 0 aliphatic heterocycles. The van der Waals surface area contributed by atoms with Crippen LogP contribution in [-0.4, -0.2) is 37.1 Å². The Morgan fingerprint density at radius 3 is 2.65 bits per heavy atom. The Balaban J connectivity index is 0.00000338. The third-order valence-electron chi connectivity index (χ3n) is 3.78. The van der Waals surface area contributed by atoms with E-state index in [4.69, 9.17) is 0 Å². The van der Waals surface area contributed by atoms with Gasteiger partial charge in [0.15, 0.2) is 5.96 Å². The number of guanidine groups is 1. The highest BCUT2D eigenvalue weighted by Gasteiger charge is 2.07. The van der Waals surface area contributed by atoms with Crippen LogP contribution in [0.4, 0.5) is 5.82 Å². The largest absolute Gasteiger partial charge is 0.370 e. The van der Waals surface area contributed by atoms with Gasteiger partial charge in [-0.3, -0.25) is 4.99 Å². The molecule has 0 fully saturated rings. The highest BCUT2D eigenvalue weighted by atomic mass is 127. The normalized spacial score (nSPS) is 12.2. The number of rotatable bonds is 9. The molecule has 26 heavy (non-hydrogen) atoms. The first-order valence-electron chi connectivity index (χ1n) is 8.85. The quantitative estimate of drug-likeness (QED) is 0.216. The number of anilines is 1. The van der Waals surface area contributed by atoms with Crippen molar-refractivity contribution in [2.24, 2.45) is 4.99 Å². The standard InChI is InChI=1S/C19H29N5S.HI/c1-15(14-17-10-9-16(2)25-17)24-19(20-3)23-13-7-6-12-22-18-8-4-5-11-21-18;/h4-5,8-11,15H,6-7,12-14H2,1-3H3,(H,21,22)(H2,20,23,24);1H. The van der Waals surface area contributed by atoms with Gasteiger partial charge >= 0.3 is 0 Å². The molecule has 2 heterocycles. The Morgan fingerprint density at radius 2 is 2.00 bits per heavy atom. The minimum Gasteiger partial charge on any atom is -0.370 e. The summed E-state index contributed by atoms with van der Waals surface area (Å²) in [4.78, 5) is 11.3. The average molecular weight is 487 g/mol. The van der Waals surface area contributed by atoms with E-state index in [9.17, 15) is 0 Å². The molecule has 144 valence electrons. The maximum Gasteiger partial charge on any atom is 0.191 e. The molecule has 0 bridgehead atoms. The number of halogens is 1. The summed E-state index contributed by atoms with van der Waals surface area (Å²) in [5.74, 6) is 1.81. The van der Waals surface area contributed by atoms with Crippen molar-refractivity contribution < 1.29 is 0 Å². The fraction of sp³-hybridized carbons (Fsp3) is 0.474. The molecule has 0 aromatic carbocycles. The maximum atomic E-state index is 4.31. The zero-order valence-electron chi connectivity index (χ0n) is 15.8. The van der Waals surface area contributed by atoms with Gasteiger partial charge in [0.1, 0.15) is 5.82 Å². The van der Waals surface area contributed by atoms with E-state index in [1.807, 2.05) is 36.6 Å². The monoisotopic (exact) mass is 487 g/mol. The number of hydrogen-bond acceptors (Lipinski definition) is 4. The van der Waals surface area contributed by atoms with Gasteiger partial charge in [-0.05, 0) is 51.0 Å². The van der Waals surface area contributed by atoms with E-state index in [2.05, 4.69) is 51.9 Å². The van der Waals surface area contributed by atoms with Gasteiger partial charge in [0.05, 0.1) is 0 Å². The number of hydrogen-bond donors (Lipinski definition) is 3. The molecule has 2 aromatic rings. The van der Waals surface area contributed by atoms with Gasteiger partial charge in [-0.25, -0.2) is 4.98 Å². The Morgan fingerprint density at radius 1 is 1.19 bits per heavy atom. The van der Waals surface area contributed by atoms with E-state index in [0.29, 0.717) is 6.04 Å². The van der Waals surface area contributed by atoms with Crippen molar-refractivity contribution >= 4 is 47.1 Å². The number of aryl methyl sites for hydroxylation is 1. The topological polar surface area (TPSA) is 61.3 Å². The van der Waals surface area contributed by atoms with Crippen LogP contribution in [0.3, 0.4) is 0 Å². The molecule has 0 saturated carbocycles. The first kappa shape index (κ1) is 22.7. The summed E-state index contributed by atoms with van der Waals surface area (Å²) in [5.41, 5.74) is 0. The van der Waals surface area contributed by atoms with Gasteiger partial charge in [0, 0.05) is 48.6 Å². The van der Waals surface area contributed by atoms with Crippen molar-refractivity contribution in [3.63, 3.8) is 0 Å². The third kappa shape index (κ3) is 8.84. The van der Waals surface area contributed by atoms with Crippen molar-refractivity contribution in [1.29, 1.82) is 0 Å². The zero-order chi connectivity index (χ0) is 17.9. The van der Waals surface area contributed by atoms with Crippen molar-refractivity contribution in [3.05, 3.63) is 46.3 Å². The van der Waals surface area contributed by atoms with Crippen molar-refractivity contribution in [2.75, 3.05) is 25.5 Å². The Labute approximate surface area is 178 Å². The third-order valence-corrected chi connectivity index (χ3v) is 4.80. The number of unbranched alkanes of at least 4 members (excludes halogenated alkanes) is 1. The lowest BCUT2D eigenvalue weighted by molar-refractivity contribution is 0.636. The molecule has 0 spiro atoms. The fourth-order valence-electron chi connectivity index (χ4n) is 2.52. The summed E-state index contributed by atoms with van der Waals surface area (Å²) in [6.45, 7) is 6.18. The second kappa shape index (κ2) is 12.9. The molecular weight excluding hydrogens is 457 g/mol. The highest BCUT2D eigenvalue weighted by Crippen LogP contribution is 2.16. The molecule has 2 rings (SSSR count). The molecule has 2 aromatic heterocycles. The Kier molecular flexibility index (Phi) is 11.3. The average Bonchev–Trinajstić information content (AvgIpc) is 3.02. The SMILES string of the molecule is CN=C(NCCCCNc1ccccn1)NC(C)Cc1ccc(C)s1.I. The van der Waals surface area contributed by atoms with Crippen molar-refractivity contribution in [3.8, 4) is 0 Å². The molecular formula is C19H30IN5S. The number of aromatic nitrogens is 1. The highest BCUT2D eigenvalue weighted by molar-refractivity contribution is 14.0. The van der Waals surface area contributed by atoms with Crippen LogP contribution in [-0.2, 0) is 6.42 Å². The van der Waals surface area contributed by atoms with Crippen LogP contribution in [0.25, 0.3) is 0 Å². The van der Waals surface area contributed by atoms with Gasteiger partial charge in [-0.15, -0.1) is 35.3 Å². The second-order valence-electron chi connectivity index (χ2n) is 6.11. The predicted octanol–water partition coefficient (Wildman–Crippen LogP) is 4.06. The molecule has 0 aliphatic carbocycles. The van der Waals surface area contributed by atoms with Gasteiger partial charge in [0.25, 0.3) is 0 Å². The predicted molar refractivity (Wildman–Crippen MR) is 124 cm³/mol. The summed E-state index contributed by atoms with van der Waals surface area (Å²) in [5, 5.41) is 10.2. The Bertz CT molecular complexity index is 644. The maximum absolute atomic E-state index is 4.31. The lowest BCUT2D eigenvalue weighted by atomic mass is 10.2. The van der Waals surface area contributed by atoms with Crippen LogP contribution in [0.15, 0.2) is 41.5 Å². The number of aliphatic imine (C=N–C) groups is 1. The van der Waals surface area contributed by atoms with Crippen molar-refractivity contribution in [1.82, 2.24) is 15.6 Å². The summed E-state index contributed by atoms with van der Waals surface area (Å²) in [7, 11) is 1.82. The van der Waals surface area contributed by atoms with Gasteiger partial charge in [0.2, 0.25) is 0 Å². The minimum atomic E-state index is 0. The van der Waals surface area contributed by atoms with Crippen LogP contribution in [0.1, 0.15) is 29.5 Å². The molecule has 0 aliphatic rings. The summed E-state index contributed by atoms with van der Waals surface area (Å²) >= 11 is 1.86. The minimum absolute atomic E-state index is 0. The van der Waals surface area contributed by atoms with Crippen LogP contribution in [0.2, 0.25) is 0 Å². The van der Waals surface area contributed by atoms with Crippen LogP contribution < -0.4 is 16.0 Å². The molecule has 0 amide bonds. The lowest BCUT2D eigenvalue weighted by Crippen LogP contribution is -2.43. The van der Waals surface area contributed by atoms with Gasteiger partial charge in [-0.2, -0.15) is 0 Å². The molecule has 0 saturated heterocycles. The molecule has 7 heteroatoms. The summed E-state index contributed by atoms with van der Waals surface area (Å²) < 4.78 is 0. The summed E-state index contributed by atoms with van der Waals surface area (Å²) in [6.07, 6.45) is 5.00. The molecule has 0 radical (unpaired) electrons. The van der Waals surface area contributed by atoms with Crippen LogP contribution >= 0.6 is 35.3 Å². The van der Waals surface area contributed by atoms with E-state index in [-0.39, 0.29) is 24.0 Å². The molecule has 1 unspecified atom stereocenters. The van der Waals surface area contributed by atoms with Gasteiger partial charge < -0.3 is 16.0 Å². The summed E-state index contributed by atoms with van der Waals surface area (Å²) in [6, 6.07) is 10.6. The molecule has 5 nitrogen and oxygen atoms in total. The number of nitrogens with one attached hydrogen (secondary N) is 3. The molecule has 3 N–H and O–H groups in total. The number of thiophene rings is 1. The lowest BCUT2D eigenvalue weighted by Gasteiger charge is -2.17. The first-order chi connectivity index (χ1) is 12.2. The van der Waals surface area contributed by atoms with Crippen LogP contribution in [0.5, 0.6) is 0 Å². The zero-order valence-corrected chi connectivity index (χ0v) is 18.9. The number of pyridine rings is 1. The second-order valence-corrected chi connectivity index (χ2v) is 7.48. The smallest absolute Gasteiger partial charge is 0.191 e. The van der Waals surface area contributed by atoms with E-state index in [1.54, 1.807) is 6.20 Å². The fourth-order valence-corrected chi connectivity index (χ4v) is 3.54. The van der Waals surface area contributed by atoms with E-state index in [1.165, 1.54) is 9.75 Å².